The van der Waals surface area contributed by atoms with Crippen LogP contribution in [0.1, 0.15) is 17.7 Å². The van der Waals surface area contributed by atoms with Gasteiger partial charge in [0.2, 0.25) is 0 Å². The second-order valence-electron chi connectivity index (χ2n) is 3.99. The number of amides is 1. The molecule has 15 heavy (non-hydrogen) atoms. The van der Waals surface area contributed by atoms with Gasteiger partial charge in [-0.05, 0) is 11.4 Å². The van der Waals surface area contributed by atoms with Gasteiger partial charge in [-0.15, -0.1) is 11.3 Å². The van der Waals surface area contributed by atoms with Crippen molar-refractivity contribution in [3.05, 3.63) is 22.4 Å². The van der Waals surface area contributed by atoms with E-state index in [1.807, 2.05) is 17.5 Å². The van der Waals surface area contributed by atoms with Crippen LogP contribution in [0.3, 0.4) is 0 Å². The van der Waals surface area contributed by atoms with Gasteiger partial charge in [-0.2, -0.15) is 0 Å². The Bertz CT molecular complexity index is 304. The molecule has 1 aromatic heterocycles. The van der Waals surface area contributed by atoms with Gasteiger partial charge in [0.25, 0.3) is 5.91 Å². The van der Waals surface area contributed by atoms with E-state index in [2.05, 4.69) is 5.32 Å². The highest BCUT2D eigenvalue weighted by atomic mass is 32.1. The normalized spacial score (nSPS) is 16.8. The molecule has 0 atom stereocenters. The molecule has 2 N–H and O–H groups in total. The fourth-order valence-corrected chi connectivity index (χ4v) is 2.58. The molecule has 0 aromatic carbocycles. The van der Waals surface area contributed by atoms with Crippen LogP contribution >= 0.6 is 11.3 Å². The smallest absolute Gasteiger partial charge is 0.275 e. The molecule has 0 saturated carbocycles. The molecule has 0 aliphatic carbocycles. The van der Waals surface area contributed by atoms with Crippen molar-refractivity contribution >= 4 is 17.2 Å². The summed E-state index contributed by atoms with van der Waals surface area (Å²) < 4.78 is 0. The Morgan fingerprint density at radius 3 is 2.93 bits per heavy atom. The number of likely N-dealkylation sites (tertiary alicyclic amines) is 1. The predicted molar refractivity (Wildman–Crippen MR) is 61.0 cm³/mol. The minimum atomic E-state index is 0.181. The van der Waals surface area contributed by atoms with Crippen LogP contribution in [0.4, 0.5) is 0 Å². The molecule has 3 nitrogen and oxygen atoms in total. The van der Waals surface area contributed by atoms with E-state index in [1.165, 1.54) is 22.6 Å². The Balaban J connectivity index is 1.68. The van der Waals surface area contributed by atoms with Crippen molar-refractivity contribution in [2.75, 3.05) is 19.6 Å². The van der Waals surface area contributed by atoms with Crippen molar-refractivity contribution in [2.45, 2.75) is 19.4 Å². The SMILES string of the molecule is O=C(C[NH+]1CCCC1)NCc1cccs1. The Labute approximate surface area is 94.1 Å². The van der Waals surface area contributed by atoms with E-state index in [0.29, 0.717) is 13.1 Å². The van der Waals surface area contributed by atoms with Crippen molar-refractivity contribution in [3.63, 3.8) is 0 Å². The molecule has 82 valence electrons. The number of nitrogens with one attached hydrogen (secondary N) is 2. The Morgan fingerprint density at radius 1 is 1.47 bits per heavy atom. The number of carbonyl (C=O) groups excluding carboxylic acids is 1. The van der Waals surface area contributed by atoms with Gasteiger partial charge < -0.3 is 10.2 Å². The van der Waals surface area contributed by atoms with Crippen molar-refractivity contribution in [3.8, 4) is 0 Å². The quantitative estimate of drug-likeness (QED) is 0.745. The standard InChI is InChI=1S/C11H16N2OS/c14-11(9-13-5-1-2-6-13)12-8-10-4-3-7-15-10/h3-4,7H,1-2,5-6,8-9H2,(H,12,14)/p+1. The zero-order valence-electron chi connectivity index (χ0n) is 8.79. The third-order valence-electron chi connectivity index (χ3n) is 2.76. The summed E-state index contributed by atoms with van der Waals surface area (Å²) in [4.78, 5) is 14.2. The maximum absolute atomic E-state index is 11.6. The second-order valence-corrected chi connectivity index (χ2v) is 5.02. The lowest BCUT2D eigenvalue weighted by atomic mass is 10.4. The fourth-order valence-electron chi connectivity index (χ4n) is 1.94. The van der Waals surface area contributed by atoms with Crippen molar-refractivity contribution in [1.82, 2.24) is 5.32 Å². The summed E-state index contributed by atoms with van der Waals surface area (Å²) in [5.41, 5.74) is 0. The Hall–Kier alpha value is -0.870. The maximum Gasteiger partial charge on any atom is 0.275 e. The zero-order chi connectivity index (χ0) is 10.5. The molecule has 2 rings (SSSR count). The van der Waals surface area contributed by atoms with E-state index < -0.39 is 0 Å². The van der Waals surface area contributed by atoms with E-state index in [4.69, 9.17) is 0 Å². The largest absolute Gasteiger partial charge is 0.346 e. The second kappa shape index (κ2) is 5.28. The molecular weight excluding hydrogens is 208 g/mol. The Kier molecular flexibility index (Phi) is 3.75. The monoisotopic (exact) mass is 225 g/mol. The number of thiophene rings is 1. The van der Waals surface area contributed by atoms with Crippen molar-refractivity contribution in [1.29, 1.82) is 0 Å². The van der Waals surface area contributed by atoms with Gasteiger partial charge in [0.05, 0.1) is 19.6 Å². The summed E-state index contributed by atoms with van der Waals surface area (Å²) in [5.74, 6) is 0.181. The number of hydrogen-bond donors (Lipinski definition) is 2. The Morgan fingerprint density at radius 2 is 2.27 bits per heavy atom. The topological polar surface area (TPSA) is 33.5 Å². The zero-order valence-corrected chi connectivity index (χ0v) is 9.61. The van der Waals surface area contributed by atoms with Gasteiger partial charge in [-0.3, -0.25) is 4.79 Å². The van der Waals surface area contributed by atoms with Crippen molar-refractivity contribution < 1.29 is 9.69 Å². The third kappa shape index (κ3) is 3.32. The molecule has 0 radical (unpaired) electrons. The molecule has 1 aliphatic rings. The van der Waals surface area contributed by atoms with Gasteiger partial charge in [0.1, 0.15) is 0 Å². The third-order valence-corrected chi connectivity index (χ3v) is 3.64. The first-order valence-corrected chi connectivity index (χ1v) is 6.35. The molecule has 0 spiro atoms. The number of carbonyl (C=O) groups is 1. The van der Waals surface area contributed by atoms with Gasteiger partial charge in [-0.1, -0.05) is 6.07 Å². The minimum absolute atomic E-state index is 0.181. The predicted octanol–water partition coefficient (Wildman–Crippen LogP) is 0.0430. The summed E-state index contributed by atoms with van der Waals surface area (Å²) in [6.45, 7) is 3.65. The van der Waals surface area contributed by atoms with Crippen LogP contribution in [0.15, 0.2) is 17.5 Å². The average molecular weight is 225 g/mol. The van der Waals surface area contributed by atoms with E-state index >= 15 is 0 Å². The highest BCUT2D eigenvalue weighted by Crippen LogP contribution is 2.06. The first-order chi connectivity index (χ1) is 7.34. The van der Waals surface area contributed by atoms with Crippen LogP contribution in [0, 0.1) is 0 Å². The summed E-state index contributed by atoms with van der Waals surface area (Å²) in [6, 6.07) is 4.06. The molecule has 1 aromatic rings. The van der Waals surface area contributed by atoms with Crippen LogP contribution in [0.5, 0.6) is 0 Å². The molecule has 0 bridgehead atoms. The molecule has 4 heteroatoms. The molecule has 2 heterocycles. The summed E-state index contributed by atoms with van der Waals surface area (Å²) in [7, 11) is 0. The van der Waals surface area contributed by atoms with E-state index in [-0.39, 0.29) is 5.91 Å². The summed E-state index contributed by atoms with van der Waals surface area (Å²) in [6.07, 6.45) is 2.54. The lowest BCUT2D eigenvalue weighted by Crippen LogP contribution is -3.11. The van der Waals surface area contributed by atoms with Gasteiger partial charge in [0, 0.05) is 17.7 Å². The van der Waals surface area contributed by atoms with E-state index in [9.17, 15) is 4.79 Å². The summed E-state index contributed by atoms with van der Waals surface area (Å²) in [5, 5.41) is 5.00. The lowest BCUT2D eigenvalue weighted by Gasteiger charge is -2.11. The molecular formula is C11H17N2OS+. The van der Waals surface area contributed by atoms with Crippen LogP contribution in [0.2, 0.25) is 0 Å². The van der Waals surface area contributed by atoms with Crippen molar-refractivity contribution in [2.24, 2.45) is 0 Å². The first kappa shape index (κ1) is 10.6. The lowest BCUT2D eigenvalue weighted by molar-refractivity contribution is -0.879. The highest BCUT2D eigenvalue weighted by molar-refractivity contribution is 7.09. The molecule has 1 aliphatic heterocycles. The molecule has 1 amide bonds. The molecule has 1 saturated heterocycles. The van der Waals surface area contributed by atoms with E-state index in [1.54, 1.807) is 11.3 Å². The van der Waals surface area contributed by atoms with E-state index in [0.717, 1.165) is 13.1 Å². The summed E-state index contributed by atoms with van der Waals surface area (Å²) >= 11 is 1.69. The van der Waals surface area contributed by atoms with Gasteiger partial charge in [0.15, 0.2) is 6.54 Å². The van der Waals surface area contributed by atoms with Crippen LogP contribution in [-0.2, 0) is 11.3 Å². The average Bonchev–Trinajstić information content (AvgIpc) is 2.86. The number of rotatable bonds is 4. The highest BCUT2D eigenvalue weighted by Gasteiger charge is 2.18. The fraction of sp³-hybridized carbons (Fsp3) is 0.545. The van der Waals surface area contributed by atoms with Crippen LogP contribution < -0.4 is 10.2 Å². The minimum Gasteiger partial charge on any atom is -0.346 e. The van der Waals surface area contributed by atoms with Gasteiger partial charge >= 0.3 is 0 Å². The maximum atomic E-state index is 11.6. The molecule has 0 unspecified atom stereocenters. The number of quaternary nitrogens is 1. The number of hydrogen-bond acceptors (Lipinski definition) is 2. The van der Waals surface area contributed by atoms with Crippen LogP contribution in [0.25, 0.3) is 0 Å². The molecule has 1 fully saturated rings. The van der Waals surface area contributed by atoms with Gasteiger partial charge in [-0.25, -0.2) is 0 Å². The first-order valence-electron chi connectivity index (χ1n) is 5.47. The van der Waals surface area contributed by atoms with Crippen LogP contribution in [-0.4, -0.2) is 25.5 Å².